The standard InChI is InChI=1S/C11H22N2O2S/c1-11(4-2-3-10(11)12)9-13-5-7-16(14,15)8-6-13/h10H,2-9,12H2,1H3. The van der Waals surface area contributed by atoms with Crippen molar-refractivity contribution in [3.05, 3.63) is 0 Å². The van der Waals surface area contributed by atoms with E-state index in [4.69, 9.17) is 5.73 Å². The van der Waals surface area contributed by atoms with Crippen molar-refractivity contribution in [3.63, 3.8) is 0 Å². The zero-order chi connectivity index (χ0) is 11.8. The minimum absolute atomic E-state index is 0.196. The van der Waals surface area contributed by atoms with Crippen LogP contribution in [0.5, 0.6) is 0 Å². The van der Waals surface area contributed by atoms with Crippen LogP contribution in [0, 0.1) is 5.41 Å². The van der Waals surface area contributed by atoms with Crippen LogP contribution in [0.2, 0.25) is 0 Å². The third kappa shape index (κ3) is 2.57. The average Bonchev–Trinajstić information content (AvgIpc) is 2.51. The lowest BCUT2D eigenvalue weighted by Gasteiger charge is -2.37. The van der Waals surface area contributed by atoms with Gasteiger partial charge in [-0.2, -0.15) is 0 Å². The van der Waals surface area contributed by atoms with Crippen molar-refractivity contribution in [2.24, 2.45) is 11.1 Å². The first-order valence-corrected chi connectivity index (χ1v) is 7.92. The van der Waals surface area contributed by atoms with Crippen LogP contribution in [-0.2, 0) is 9.84 Å². The Bertz CT molecular complexity index is 341. The second-order valence-corrected chi connectivity index (χ2v) is 7.88. The molecule has 0 aromatic rings. The van der Waals surface area contributed by atoms with Crippen molar-refractivity contribution < 1.29 is 8.42 Å². The molecule has 2 unspecified atom stereocenters. The molecule has 1 saturated carbocycles. The van der Waals surface area contributed by atoms with Gasteiger partial charge in [0.05, 0.1) is 11.5 Å². The summed E-state index contributed by atoms with van der Waals surface area (Å²) < 4.78 is 22.7. The normalized spacial score (nSPS) is 40.0. The van der Waals surface area contributed by atoms with Crippen LogP contribution >= 0.6 is 0 Å². The van der Waals surface area contributed by atoms with Gasteiger partial charge in [0.25, 0.3) is 0 Å². The Kier molecular flexibility index (Phi) is 3.29. The van der Waals surface area contributed by atoms with Crippen LogP contribution < -0.4 is 5.73 Å². The largest absolute Gasteiger partial charge is 0.327 e. The van der Waals surface area contributed by atoms with E-state index in [1.165, 1.54) is 12.8 Å². The SMILES string of the molecule is CC1(CN2CCS(=O)(=O)CC2)CCCC1N. The first-order valence-electron chi connectivity index (χ1n) is 6.10. The summed E-state index contributed by atoms with van der Waals surface area (Å²) in [5, 5.41) is 0. The fourth-order valence-electron chi connectivity index (χ4n) is 2.88. The van der Waals surface area contributed by atoms with E-state index in [2.05, 4.69) is 11.8 Å². The van der Waals surface area contributed by atoms with Crippen molar-refractivity contribution in [2.75, 3.05) is 31.1 Å². The van der Waals surface area contributed by atoms with Gasteiger partial charge in [0.1, 0.15) is 0 Å². The summed E-state index contributed by atoms with van der Waals surface area (Å²) in [6.45, 7) is 4.58. The van der Waals surface area contributed by atoms with E-state index in [-0.39, 0.29) is 11.5 Å². The monoisotopic (exact) mass is 246 g/mol. The van der Waals surface area contributed by atoms with Crippen LogP contribution in [0.3, 0.4) is 0 Å². The fraction of sp³-hybridized carbons (Fsp3) is 1.00. The number of nitrogens with two attached hydrogens (primary N) is 1. The van der Waals surface area contributed by atoms with Gasteiger partial charge in [-0.15, -0.1) is 0 Å². The van der Waals surface area contributed by atoms with E-state index in [9.17, 15) is 8.42 Å². The van der Waals surface area contributed by atoms with E-state index in [0.29, 0.717) is 24.6 Å². The lowest BCUT2D eigenvalue weighted by molar-refractivity contribution is 0.162. The Morgan fingerprint density at radius 3 is 2.50 bits per heavy atom. The quantitative estimate of drug-likeness (QED) is 0.758. The molecule has 4 nitrogen and oxygen atoms in total. The summed E-state index contributed by atoms with van der Waals surface area (Å²) in [5.74, 6) is 0.636. The Balaban J connectivity index is 1.91. The van der Waals surface area contributed by atoms with Gasteiger partial charge in [0.15, 0.2) is 9.84 Å². The molecule has 2 fully saturated rings. The highest BCUT2D eigenvalue weighted by atomic mass is 32.2. The predicted molar refractivity (Wildman–Crippen MR) is 65.0 cm³/mol. The van der Waals surface area contributed by atoms with E-state index < -0.39 is 9.84 Å². The number of hydrogen-bond donors (Lipinski definition) is 1. The summed E-state index contributed by atoms with van der Waals surface area (Å²) in [4.78, 5) is 2.27. The molecule has 2 aliphatic rings. The van der Waals surface area contributed by atoms with Crippen LogP contribution in [0.1, 0.15) is 26.2 Å². The minimum Gasteiger partial charge on any atom is -0.327 e. The zero-order valence-electron chi connectivity index (χ0n) is 9.98. The van der Waals surface area contributed by atoms with E-state index in [0.717, 1.165) is 13.0 Å². The van der Waals surface area contributed by atoms with Gasteiger partial charge >= 0.3 is 0 Å². The van der Waals surface area contributed by atoms with Crippen LogP contribution in [0.4, 0.5) is 0 Å². The van der Waals surface area contributed by atoms with Crippen LogP contribution in [-0.4, -0.2) is 50.5 Å². The van der Waals surface area contributed by atoms with Gasteiger partial charge in [0.2, 0.25) is 0 Å². The molecule has 16 heavy (non-hydrogen) atoms. The molecule has 0 spiro atoms. The van der Waals surface area contributed by atoms with Gasteiger partial charge in [-0.3, -0.25) is 0 Å². The molecule has 0 aromatic heterocycles. The van der Waals surface area contributed by atoms with Crippen molar-refractivity contribution >= 4 is 9.84 Å². The third-order valence-corrected chi connectivity index (χ3v) is 5.79. The zero-order valence-corrected chi connectivity index (χ0v) is 10.8. The van der Waals surface area contributed by atoms with Crippen LogP contribution in [0.15, 0.2) is 0 Å². The molecular weight excluding hydrogens is 224 g/mol. The molecule has 0 bridgehead atoms. The lowest BCUT2D eigenvalue weighted by atomic mass is 9.84. The highest BCUT2D eigenvalue weighted by Crippen LogP contribution is 2.37. The summed E-state index contributed by atoms with van der Waals surface area (Å²) in [5.41, 5.74) is 6.33. The molecule has 5 heteroatoms. The van der Waals surface area contributed by atoms with Crippen LogP contribution in [0.25, 0.3) is 0 Å². The molecule has 2 atom stereocenters. The maximum Gasteiger partial charge on any atom is 0.152 e. The van der Waals surface area contributed by atoms with Crippen molar-refractivity contribution in [3.8, 4) is 0 Å². The smallest absolute Gasteiger partial charge is 0.152 e. The molecule has 0 radical (unpaired) electrons. The van der Waals surface area contributed by atoms with E-state index >= 15 is 0 Å². The van der Waals surface area contributed by atoms with Gasteiger partial charge < -0.3 is 10.6 Å². The Labute approximate surface area is 98.1 Å². The Morgan fingerprint density at radius 1 is 1.38 bits per heavy atom. The number of nitrogens with zero attached hydrogens (tertiary/aromatic N) is 1. The molecule has 1 saturated heterocycles. The molecule has 0 aromatic carbocycles. The lowest BCUT2D eigenvalue weighted by Crippen LogP contribution is -2.49. The van der Waals surface area contributed by atoms with Gasteiger partial charge in [-0.25, -0.2) is 8.42 Å². The molecular formula is C11H22N2O2S. The van der Waals surface area contributed by atoms with Crippen molar-refractivity contribution in [2.45, 2.75) is 32.2 Å². The van der Waals surface area contributed by atoms with Gasteiger partial charge in [-0.1, -0.05) is 13.3 Å². The number of hydrogen-bond acceptors (Lipinski definition) is 4. The first kappa shape index (κ1) is 12.3. The molecule has 2 N–H and O–H groups in total. The predicted octanol–water partition coefficient (Wildman–Crippen LogP) is 0.234. The Morgan fingerprint density at radius 2 is 2.00 bits per heavy atom. The molecule has 1 aliphatic heterocycles. The Hall–Kier alpha value is -0.130. The molecule has 2 rings (SSSR count). The second kappa shape index (κ2) is 4.27. The van der Waals surface area contributed by atoms with E-state index in [1.54, 1.807) is 0 Å². The number of rotatable bonds is 2. The molecule has 0 amide bonds. The fourth-order valence-corrected chi connectivity index (χ4v) is 4.15. The highest BCUT2D eigenvalue weighted by molar-refractivity contribution is 7.91. The summed E-state index contributed by atoms with van der Waals surface area (Å²) in [6, 6.07) is 0.283. The third-order valence-electron chi connectivity index (χ3n) is 4.18. The summed E-state index contributed by atoms with van der Waals surface area (Å²) in [6.07, 6.45) is 3.50. The summed E-state index contributed by atoms with van der Waals surface area (Å²) >= 11 is 0. The molecule has 94 valence electrons. The minimum atomic E-state index is -2.76. The van der Waals surface area contributed by atoms with Gasteiger partial charge in [-0.05, 0) is 18.3 Å². The maximum atomic E-state index is 11.3. The molecule has 1 aliphatic carbocycles. The second-order valence-electron chi connectivity index (χ2n) is 5.58. The first-order chi connectivity index (χ1) is 7.41. The maximum absolute atomic E-state index is 11.3. The number of sulfone groups is 1. The van der Waals surface area contributed by atoms with E-state index in [1.807, 2.05) is 0 Å². The average molecular weight is 246 g/mol. The van der Waals surface area contributed by atoms with Crippen molar-refractivity contribution in [1.82, 2.24) is 4.90 Å². The highest BCUT2D eigenvalue weighted by Gasteiger charge is 2.38. The molecule has 1 heterocycles. The van der Waals surface area contributed by atoms with Gasteiger partial charge in [0, 0.05) is 25.7 Å². The topological polar surface area (TPSA) is 63.4 Å². The van der Waals surface area contributed by atoms with Crippen molar-refractivity contribution in [1.29, 1.82) is 0 Å². The summed E-state index contributed by atoms with van der Waals surface area (Å²) in [7, 11) is -2.76.